The summed E-state index contributed by atoms with van der Waals surface area (Å²) in [5.41, 5.74) is 2.07. The van der Waals surface area contributed by atoms with Crippen LogP contribution in [0.1, 0.15) is 11.1 Å². The molecule has 1 nitrogen and oxygen atoms in total. The second-order valence-electron chi connectivity index (χ2n) is 2.50. The number of alkyl halides is 1. The van der Waals surface area contributed by atoms with Gasteiger partial charge in [0.05, 0.1) is 12.1 Å². The fourth-order valence-electron chi connectivity index (χ4n) is 1.09. The molecule has 0 aliphatic heterocycles. The summed E-state index contributed by atoms with van der Waals surface area (Å²) in [5.74, 6) is 1.20. The van der Waals surface area contributed by atoms with Gasteiger partial charge in [0.15, 0.2) is 0 Å². The molecule has 0 heterocycles. The van der Waals surface area contributed by atoms with Gasteiger partial charge in [-0.3, -0.25) is 0 Å². The molecule has 0 atom stereocenters. The standard InChI is InChI=1S/C9H10Cl2O/c1-6-7(5-10)3-4-8(11)9(6)12-2/h3-4H,5H2,1-2H3. The predicted molar refractivity (Wildman–Crippen MR) is 52.3 cm³/mol. The van der Waals surface area contributed by atoms with Gasteiger partial charge < -0.3 is 4.74 Å². The average Bonchev–Trinajstić information content (AvgIpc) is 2.06. The summed E-state index contributed by atoms with van der Waals surface area (Å²) in [5, 5.41) is 0.629. The van der Waals surface area contributed by atoms with Crippen molar-refractivity contribution in [3.05, 3.63) is 28.3 Å². The molecule has 0 spiro atoms. The number of ether oxygens (including phenoxy) is 1. The molecule has 0 saturated carbocycles. The summed E-state index contributed by atoms with van der Waals surface area (Å²) in [6.07, 6.45) is 0. The van der Waals surface area contributed by atoms with Crippen LogP contribution in [0, 0.1) is 6.92 Å². The minimum Gasteiger partial charge on any atom is -0.495 e. The minimum absolute atomic E-state index is 0.485. The first kappa shape index (κ1) is 9.69. The van der Waals surface area contributed by atoms with E-state index in [2.05, 4.69) is 0 Å². The van der Waals surface area contributed by atoms with Crippen molar-refractivity contribution in [1.29, 1.82) is 0 Å². The van der Waals surface area contributed by atoms with Crippen LogP contribution in [0.3, 0.4) is 0 Å². The maximum absolute atomic E-state index is 5.89. The summed E-state index contributed by atoms with van der Waals surface area (Å²) >= 11 is 11.6. The van der Waals surface area contributed by atoms with Crippen molar-refractivity contribution < 1.29 is 4.74 Å². The first-order valence-electron chi connectivity index (χ1n) is 3.58. The molecule has 0 amide bonds. The Hall–Kier alpha value is -0.400. The summed E-state index contributed by atoms with van der Waals surface area (Å²) in [6.45, 7) is 1.95. The molecule has 0 aromatic heterocycles. The lowest BCUT2D eigenvalue weighted by Crippen LogP contribution is -1.92. The third-order valence-electron chi connectivity index (χ3n) is 1.82. The average molecular weight is 205 g/mol. The highest BCUT2D eigenvalue weighted by molar-refractivity contribution is 6.32. The number of hydrogen-bond acceptors (Lipinski definition) is 1. The van der Waals surface area contributed by atoms with E-state index >= 15 is 0 Å². The van der Waals surface area contributed by atoms with Crippen LogP contribution in [0.2, 0.25) is 5.02 Å². The van der Waals surface area contributed by atoms with Crippen LogP contribution in [-0.2, 0) is 5.88 Å². The second kappa shape index (κ2) is 4.01. The lowest BCUT2D eigenvalue weighted by molar-refractivity contribution is 0.411. The van der Waals surface area contributed by atoms with Gasteiger partial charge in [-0.2, -0.15) is 0 Å². The topological polar surface area (TPSA) is 9.23 Å². The maximum atomic E-state index is 5.89. The molecule has 3 heteroatoms. The smallest absolute Gasteiger partial charge is 0.140 e. The SMILES string of the molecule is COc1c(Cl)ccc(CCl)c1C. The van der Waals surface area contributed by atoms with E-state index in [0.29, 0.717) is 10.9 Å². The fraction of sp³-hybridized carbons (Fsp3) is 0.333. The molecule has 1 aromatic rings. The van der Waals surface area contributed by atoms with E-state index in [1.807, 2.05) is 13.0 Å². The van der Waals surface area contributed by atoms with Crippen LogP contribution >= 0.6 is 23.2 Å². The van der Waals surface area contributed by atoms with E-state index in [1.54, 1.807) is 13.2 Å². The number of methoxy groups -OCH3 is 1. The van der Waals surface area contributed by atoms with E-state index < -0.39 is 0 Å². The number of halogens is 2. The first-order chi connectivity index (χ1) is 5.70. The highest BCUT2D eigenvalue weighted by Crippen LogP contribution is 2.30. The summed E-state index contributed by atoms with van der Waals surface area (Å²) in [4.78, 5) is 0. The summed E-state index contributed by atoms with van der Waals surface area (Å²) in [7, 11) is 1.60. The number of rotatable bonds is 2. The first-order valence-corrected chi connectivity index (χ1v) is 4.50. The Labute approximate surface area is 82.2 Å². The Morgan fingerprint density at radius 1 is 1.42 bits per heavy atom. The van der Waals surface area contributed by atoms with Gasteiger partial charge in [-0.15, -0.1) is 11.6 Å². The molecule has 1 rings (SSSR count). The highest BCUT2D eigenvalue weighted by Gasteiger charge is 2.07. The monoisotopic (exact) mass is 204 g/mol. The Bertz CT molecular complexity index is 284. The molecular weight excluding hydrogens is 195 g/mol. The second-order valence-corrected chi connectivity index (χ2v) is 3.17. The van der Waals surface area contributed by atoms with Crippen molar-refractivity contribution in [3.8, 4) is 5.75 Å². The van der Waals surface area contributed by atoms with Crippen molar-refractivity contribution in [1.82, 2.24) is 0 Å². The van der Waals surface area contributed by atoms with E-state index in [0.717, 1.165) is 16.9 Å². The molecule has 1 aromatic carbocycles. The molecule has 66 valence electrons. The number of benzene rings is 1. The highest BCUT2D eigenvalue weighted by atomic mass is 35.5. The molecule has 0 unspecified atom stereocenters. The van der Waals surface area contributed by atoms with Crippen molar-refractivity contribution >= 4 is 23.2 Å². The van der Waals surface area contributed by atoms with E-state index in [-0.39, 0.29) is 0 Å². The van der Waals surface area contributed by atoms with Gasteiger partial charge in [-0.05, 0) is 24.1 Å². The lowest BCUT2D eigenvalue weighted by Gasteiger charge is -2.09. The Morgan fingerprint density at radius 2 is 2.08 bits per heavy atom. The van der Waals surface area contributed by atoms with Gasteiger partial charge in [0.2, 0.25) is 0 Å². The zero-order chi connectivity index (χ0) is 9.14. The van der Waals surface area contributed by atoms with Crippen molar-refractivity contribution in [3.63, 3.8) is 0 Å². The zero-order valence-corrected chi connectivity index (χ0v) is 8.54. The van der Waals surface area contributed by atoms with Crippen molar-refractivity contribution in [2.75, 3.05) is 7.11 Å². The van der Waals surface area contributed by atoms with Gasteiger partial charge in [-0.25, -0.2) is 0 Å². The van der Waals surface area contributed by atoms with Crippen LogP contribution in [0.15, 0.2) is 12.1 Å². The molecule has 12 heavy (non-hydrogen) atoms. The van der Waals surface area contributed by atoms with E-state index in [1.165, 1.54) is 0 Å². The van der Waals surface area contributed by atoms with Crippen molar-refractivity contribution in [2.45, 2.75) is 12.8 Å². The molecule has 0 aliphatic carbocycles. The Balaban J connectivity index is 3.24. The van der Waals surface area contributed by atoms with Gasteiger partial charge >= 0.3 is 0 Å². The minimum atomic E-state index is 0.485. The Kier molecular flexibility index (Phi) is 3.24. The molecular formula is C9H10Cl2O. The number of hydrogen-bond donors (Lipinski definition) is 0. The van der Waals surface area contributed by atoms with E-state index in [9.17, 15) is 0 Å². The van der Waals surface area contributed by atoms with Gasteiger partial charge in [0.1, 0.15) is 5.75 Å². The van der Waals surface area contributed by atoms with E-state index in [4.69, 9.17) is 27.9 Å². The fourth-order valence-corrected chi connectivity index (χ4v) is 1.67. The predicted octanol–water partition coefficient (Wildman–Crippen LogP) is 3.40. The normalized spacial score (nSPS) is 10.0. The van der Waals surface area contributed by atoms with Gasteiger partial charge in [-0.1, -0.05) is 17.7 Å². The third-order valence-corrected chi connectivity index (χ3v) is 2.40. The molecule has 0 bridgehead atoms. The molecule has 0 saturated heterocycles. The lowest BCUT2D eigenvalue weighted by atomic mass is 10.1. The van der Waals surface area contributed by atoms with Gasteiger partial charge in [0.25, 0.3) is 0 Å². The largest absolute Gasteiger partial charge is 0.495 e. The zero-order valence-electron chi connectivity index (χ0n) is 7.03. The van der Waals surface area contributed by atoms with Crippen molar-refractivity contribution in [2.24, 2.45) is 0 Å². The van der Waals surface area contributed by atoms with Crippen LogP contribution in [0.4, 0.5) is 0 Å². The molecule has 0 aliphatic rings. The quantitative estimate of drug-likeness (QED) is 0.672. The third kappa shape index (κ3) is 1.67. The maximum Gasteiger partial charge on any atom is 0.140 e. The summed E-state index contributed by atoms with van der Waals surface area (Å²) < 4.78 is 5.13. The van der Waals surface area contributed by atoms with Gasteiger partial charge in [0, 0.05) is 5.88 Å². The van der Waals surface area contributed by atoms with Crippen LogP contribution in [0.25, 0.3) is 0 Å². The Morgan fingerprint density at radius 3 is 2.58 bits per heavy atom. The van der Waals surface area contributed by atoms with Crippen LogP contribution in [-0.4, -0.2) is 7.11 Å². The molecule has 0 fully saturated rings. The molecule has 0 N–H and O–H groups in total. The summed E-state index contributed by atoms with van der Waals surface area (Å²) in [6, 6.07) is 3.71. The van der Waals surface area contributed by atoms with Crippen LogP contribution < -0.4 is 4.74 Å². The van der Waals surface area contributed by atoms with Crippen LogP contribution in [0.5, 0.6) is 5.75 Å². The molecule has 0 radical (unpaired) electrons.